The number of amides is 2. The summed E-state index contributed by atoms with van der Waals surface area (Å²) in [7, 11) is 1.68. The molecule has 1 atom stereocenters. The molecular weight excluding hydrogens is 421 g/mol. The number of benzene rings is 2. The van der Waals surface area contributed by atoms with Crippen molar-refractivity contribution >= 4 is 34.4 Å². The first-order valence-electron chi connectivity index (χ1n) is 10.0. The van der Waals surface area contributed by atoms with Gasteiger partial charge in [-0.3, -0.25) is 14.5 Å². The Kier molecular flexibility index (Phi) is 6.20. The summed E-state index contributed by atoms with van der Waals surface area (Å²) >= 11 is 6.01. The minimum atomic E-state index is -0.610. The number of H-pyrrole nitrogens is 1. The summed E-state index contributed by atoms with van der Waals surface area (Å²) in [4.78, 5) is 36.5. The van der Waals surface area contributed by atoms with Crippen molar-refractivity contribution in [3.63, 3.8) is 0 Å². The van der Waals surface area contributed by atoms with Crippen LogP contribution < -0.4 is 5.32 Å². The summed E-state index contributed by atoms with van der Waals surface area (Å²) in [6, 6.07) is 11.0. The fraction of sp³-hybridized carbons (Fsp3) is 0.318. The molecule has 0 aliphatic carbocycles. The Morgan fingerprint density at radius 3 is 2.97 bits per heavy atom. The zero-order valence-electron chi connectivity index (χ0n) is 17.1. The summed E-state index contributed by atoms with van der Waals surface area (Å²) in [5.74, 6) is -0.0520. The zero-order chi connectivity index (χ0) is 22.0. The van der Waals surface area contributed by atoms with Gasteiger partial charge in [-0.05, 0) is 35.9 Å². The molecule has 2 heterocycles. The number of nitrogens with one attached hydrogen (secondary N) is 2. The first-order valence-corrected chi connectivity index (χ1v) is 10.4. The molecule has 2 N–H and O–H groups in total. The molecule has 0 radical (unpaired) electrons. The molecule has 0 unspecified atom stereocenters. The SMILES string of the molecule is CN(Cc1nc2ccc(Cl)cc2[nH]1)C(=O)C[C@@H]1C(=O)NCCN1Cc1cccc(F)c1. The molecule has 1 saturated heterocycles. The van der Waals surface area contributed by atoms with E-state index >= 15 is 0 Å². The van der Waals surface area contributed by atoms with E-state index in [4.69, 9.17) is 11.6 Å². The van der Waals surface area contributed by atoms with E-state index in [0.717, 1.165) is 16.6 Å². The van der Waals surface area contributed by atoms with Gasteiger partial charge in [0.2, 0.25) is 11.8 Å². The first kappa shape index (κ1) is 21.3. The van der Waals surface area contributed by atoms with E-state index in [0.29, 0.717) is 30.5 Å². The minimum Gasteiger partial charge on any atom is -0.353 e. The Hall–Kier alpha value is -2.97. The molecule has 162 valence electrons. The molecule has 7 nitrogen and oxygen atoms in total. The molecule has 31 heavy (non-hydrogen) atoms. The topological polar surface area (TPSA) is 81.3 Å². The van der Waals surface area contributed by atoms with Crippen molar-refractivity contribution in [2.75, 3.05) is 20.1 Å². The van der Waals surface area contributed by atoms with E-state index in [1.165, 1.54) is 12.1 Å². The molecule has 2 amide bonds. The van der Waals surface area contributed by atoms with Gasteiger partial charge in [0.1, 0.15) is 11.6 Å². The number of aromatic amines is 1. The van der Waals surface area contributed by atoms with E-state index in [1.807, 2.05) is 17.0 Å². The first-order chi connectivity index (χ1) is 14.9. The largest absolute Gasteiger partial charge is 0.353 e. The third kappa shape index (κ3) is 5.03. The highest BCUT2D eigenvalue weighted by atomic mass is 35.5. The van der Waals surface area contributed by atoms with Crippen LogP contribution in [-0.4, -0.2) is 57.8 Å². The minimum absolute atomic E-state index is 0.0315. The maximum atomic E-state index is 13.5. The van der Waals surface area contributed by atoms with E-state index in [2.05, 4.69) is 15.3 Å². The highest BCUT2D eigenvalue weighted by Gasteiger charge is 2.32. The Balaban J connectivity index is 1.43. The van der Waals surface area contributed by atoms with Gasteiger partial charge in [-0.25, -0.2) is 9.37 Å². The van der Waals surface area contributed by atoms with Crippen LogP contribution in [-0.2, 0) is 22.7 Å². The smallest absolute Gasteiger partial charge is 0.237 e. The summed E-state index contributed by atoms with van der Waals surface area (Å²) in [5, 5.41) is 3.43. The number of fused-ring (bicyclic) bond motifs is 1. The number of rotatable bonds is 6. The highest BCUT2D eigenvalue weighted by Crippen LogP contribution is 2.19. The van der Waals surface area contributed by atoms with Gasteiger partial charge < -0.3 is 15.2 Å². The van der Waals surface area contributed by atoms with Crippen LogP contribution in [0.5, 0.6) is 0 Å². The standard InChI is InChI=1S/C22H23ClFN5O2/c1-28(13-20-26-17-6-5-15(23)10-18(17)27-20)21(30)11-19-22(31)25-7-8-29(19)12-14-3-2-4-16(24)9-14/h2-6,9-10,19H,7-8,11-13H2,1H3,(H,25,31)(H,26,27)/t19-/m1/s1. The van der Waals surface area contributed by atoms with Gasteiger partial charge in [-0.15, -0.1) is 0 Å². The van der Waals surface area contributed by atoms with Crippen molar-refractivity contribution in [3.8, 4) is 0 Å². The maximum Gasteiger partial charge on any atom is 0.237 e. The lowest BCUT2D eigenvalue weighted by atomic mass is 10.1. The molecule has 1 fully saturated rings. The monoisotopic (exact) mass is 443 g/mol. The molecule has 0 spiro atoms. The maximum absolute atomic E-state index is 13.5. The zero-order valence-corrected chi connectivity index (χ0v) is 17.8. The van der Waals surface area contributed by atoms with Crippen molar-refractivity contribution < 1.29 is 14.0 Å². The summed E-state index contributed by atoms with van der Waals surface area (Å²) in [6.45, 7) is 1.77. The van der Waals surface area contributed by atoms with Crippen LogP contribution in [0.15, 0.2) is 42.5 Å². The predicted octanol–water partition coefficient (Wildman–Crippen LogP) is 2.70. The van der Waals surface area contributed by atoms with Crippen LogP contribution in [0.2, 0.25) is 5.02 Å². The van der Waals surface area contributed by atoms with Crippen molar-refractivity contribution in [1.29, 1.82) is 0 Å². The molecule has 4 rings (SSSR count). The van der Waals surface area contributed by atoms with Crippen LogP contribution in [0.1, 0.15) is 17.8 Å². The molecule has 1 aromatic heterocycles. The Morgan fingerprint density at radius 1 is 1.32 bits per heavy atom. The van der Waals surface area contributed by atoms with Crippen LogP contribution in [0.3, 0.4) is 0 Å². The molecule has 0 saturated carbocycles. The second-order valence-electron chi connectivity index (χ2n) is 7.71. The molecular formula is C22H23ClFN5O2. The van der Waals surface area contributed by atoms with E-state index in [1.54, 1.807) is 30.1 Å². The Morgan fingerprint density at radius 2 is 2.16 bits per heavy atom. The third-order valence-electron chi connectivity index (χ3n) is 5.39. The average molecular weight is 444 g/mol. The highest BCUT2D eigenvalue weighted by molar-refractivity contribution is 6.31. The lowest BCUT2D eigenvalue weighted by molar-refractivity contribution is -0.138. The quantitative estimate of drug-likeness (QED) is 0.613. The second-order valence-corrected chi connectivity index (χ2v) is 8.14. The lowest BCUT2D eigenvalue weighted by Crippen LogP contribution is -2.56. The number of piperazine rings is 1. The van der Waals surface area contributed by atoms with Crippen LogP contribution >= 0.6 is 11.6 Å². The number of hydrogen-bond donors (Lipinski definition) is 2. The van der Waals surface area contributed by atoms with Crippen molar-refractivity contribution in [3.05, 3.63) is 64.7 Å². The number of carbonyl (C=O) groups is 2. The number of nitrogens with zero attached hydrogens (tertiary/aromatic N) is 3. The normalized spacial score (nSPS) is 17.0. The average Bonchev–Trinajstić information content (AvgIpc) is 3.11. The fourth-order valence-corrected chi connectivity index (χ4v) is 3.96. The van der Waals surface area contributed by atoms with Gasteiger partial charge in [0.15, 0.2) is 0 Å². The van der Waals surface area contributed by atoms with E-state index in [-0.39, 0.29) is 30.6 Å². The summed E-state index contributed by atoms with van der Waals surface area (Å²) in [6.07, 6.45) is 0.0315. The third-order valence-corrected chi connectivity index (χ3v) is 5.63. The predicted molar refractivity (Wildman–Crippen MR) is 116 cm³/mol. The second kappa shape index (κ2) is 9.03. The number of aromatic nitrogens is 2. The Bertz CT molecular complexity index is 1120. The number of carbonyl (C=O) groups excluding carboxylic acids is 2. The number of hydrogen-bond acceptors (Lipinski definition) is 4. The van der Waals surface area contributed by atoms with Crippen molar-refractivity contribution in [2.24, 2.45) is 0 Å². The van der Waals surface area contributed by atoms with Crippen LogP contribution in [0.4, 0.5) is 4.39 Å². The van der Waals surface area contributed by atoms with E-state index < -0.39 is 6.04 Å². The van der Waals surface area contributed by atoms with Crippen LogP contribution in [0, 0.1) is 5.82 Å². The molecule has 9 heteroatoms. The molecule has 1 aliphatic rings. The van der Waals surface area contributed by atoms with Gasteiger partial charge in [0, 0.05) is 31.7 Å². The Labute approximate surface area is 184 Å². The number of halogens is 2. The fourth-order valence-electron chi connectivity index (χ4n) is 3.79. The molecule has 2 aromatic carbocycles. The van der Waals surface area contributed by atoms with E-state index in [9.17, 15) is 14.0 Å². The molecule has 1 aliphatic heterocycles. The lowest BCUT2D eigenvalue weighted by Gasteiger charge is -2.35. The van der Waals surface area contributed by atoms with Crippen molar-refractivity contribution in [1.82, 2.24) is 25.1 Å². The summed E-state index contributed by atoms with van der Waals surface area (Å²) < 4.78 is 13.5. The van der Waals surface area contributed by atoms with Gasteiger partial charge in [0.25, 0.3) is 0 Å². The van der Waals surface area contributed by atoms with Crippen molar-refractivity contribution in [2.45, 2.75) is 25.6 Å². The summed E-state index contributed by atoms with van der Waals surface area (Å²) in [5.41, 5.74) is 2.34. The van der Waals surface area contributed by atoms with Gasteiger partial charge >= 0.3 is 0 Å². The molecule has 3 aromatic rings. The van der Waals surface area contributed by atoms with Gasteiger partial charge in [-0.2, -0.15) is 0 Å². The molecule has 0 bridgehead atoms. The van der Waals surface area contributed by atoms with Crippen LogP contribution in [0.25, 0.3) is 11.0 Å². The van der Waals surface area contributed by atoms with Gasteiger partial charge in [0.05, 0.1) is 30.0 Å². The number of imidazole rings is 1. The van der Waals surface area contributed by atoms with Gasteiger partial charge in [-0.1, -0.05) is 23.7 Å².